The number of carbonyl (C=O) groups excluding carboxylic acids is 2. The number of nitrogens with one attached hydrogen (secondary N) is 1. The van der Waals surface area contributed by atoms with E-state index >= 15 is 0 Å². The predicted octanol–water partition coefficient (Wildman–Crippen LogP) is 2.01. The second-order valence-electron chi connectivity index (χ2n) is 5.47. The van der Waals surface area contributed by atoms with E-state index in [2.05, 4.69) is 5.43 Å². The molecule has 1 heterocycles. The summed E-state index contributed by atoms with van der Waals surface area (Å²) >= 11 is 6.05. The Morgan fingerprint density at radius 3 is 2.32 bits per heavy atom. The minimum absolute atomic E-state index is 0.0713. The lowest BCUT2D eigenvalue weighted by molar-refractivity contribution is -0.384. The molecule has 0 aliphatic carbocycles. The third kappa shape index (κ3) is 3.11. The van der Waals surface area contributed by atoms with Crippen molar-refractivity contribution < 1.29 is 14.5 Å². The number of anilines is 1. The number of nitrogens with zero attached hydrogens (tertiary/aromatic N) is 2. The van der Waals surface area contributed by atoms with Crippen molar-refractivity contribution in [2.24, 2.45) is 0 Å². The fourth-order valence-electron chi connectivity index (χ4n) is 2.50. The highest BCUT2D eigenvalue weighted by atomic mass is 35.5. The lowest BCUT2D eigenvalue weighted by atomic mass is 9.95. The molecule has 3 N–H and O–H groups in total. The lowest BCUT2D eigenvalue weighted by Crippen LogP contribution is -2.63. The number of benzene rings is 2. The number of β-lactam (4-membered cyclic amide) rings is 1. The Bertz CT molecular complexity index is 838. The lowest BCUT2D eigenvalue weighted by Gasteiger charge is -2.43. The Morgan fingerprint density at radius 2 is 1.76 bits per heavy atom. The van der Waals surface area contributed by atoms with Gasteiger partial charge in [0, 0.05) is 23.4 Å². The molecule has 0 spiro atoms. The maximum absolute atomic E-state index is 12.3. The summed E-state index contributed by atoms with van der Waals surface area (Å²) in [7, 11) is 0. The van der Waals surface area contributed by atoms with Gasteiger partial charge in [0.2, 0.25) is 0 Å². The van der Waals surface area contributed by atoms with E-state index in [0.29, 0.717) is 16.8 Å². The molecular formula is C16H13ClN4O4. The molecule has 2 aromatic rings. The van der Waals surface area contributed by atoms with E-state index < -0.39 is 28.2 Å². The third-order valence-electron chi connectivity index (χ3n) is 3.87. The molecule has 1 fully saturated rings. The van der Waals surface area contributed by atoms with E-state index in [1.54, 1.807) is 12.1 Å². The summed E-state index contributed by atoms with van der Waals surface area (Å²) in [6, 6.07) is 11.3. The molecule has 8 nitrogen and oxygen atoms in total. The van der Waals surface area contributed by atoms with Crippen molar-refractivity contribution in [1.29, 1.82) is 0 Å². The Hall–Kier alpha value is -3.13. The first kappa shape index (κ1) is 16.7. The Morgan fingerprint density at radius 1 is 1.16 bits per heavy atom. The number of nitro benzene ring substituents is 1. The van der Waals surface area contributed by atoms with E-state index in [9.17, 15) is 19.7 Å². The smallest absolute Gasteiger partial charge is 0.269 e. The summed E-state index contributed by atoms with van der Waals surface area (Å²) < 4.78 is 0. The minimum atomic E-state index is -0.854. The zero-order chi connectivity index (χ0) is 18.1. The van der Waals surface area contributed by atoms with Crippen LogP contribution in [0.5, 0.6) is 0 Å². The summed E-state index contributed by atoms with van der Waals surface area (Å²) in [4.78, 5) is 34.4. The first-order valence-electron chi connectivity index (χ1n) is 7.26. The van der Waals surface area contributed by atoms with Gasteiger partial charge in [-0.3, -0.25) is 25.1 Å². The molecular weight excluding hydrogens is 348 g/mol. The number of hydrazine groups is 1. The molecule has 0 saturated carbocycles. The molecule has 1 aliphatic rings. The van der Waals surface area contributed by atoms with Crippen molar-refractivity contribution in [3.05, 3.63) is 69.8 Å². The van der Waals surface area contributed by atoms with Crippen LogP contribution in [0.15, 0.2) is 48.5 Å². The van der Waals surface area contributed by atoms with Crippen molar-refractivity contribution in [2.75, 3.05) is 5.73 Å². The Labute approximate surface area is 147 Å². The van der Waals surface area contributed by atoms with Crippen molar-refractivity contribution in [3.8, 4) is 0 Å². The van der Waals surface area contributed by atoms with Gasteiger partial charge < -0.3 is 5.73 Å². The molecule has 2 atom stereocenters. The fraction of sp³-hybridized carbons (Fsp3) is 0.125. The van der Waals surface area contributed by atoms with Gasteiger partial charge in [0.15, 0.2) is 0 Å². The van der Waals surface area contributed by atoms with Crippen molar-refractivity contribution in [2.45, 2.75) is 11.4 Å². The quantitative estimate of drug-likeness (QED) is 0.284. The average molecular weight is 361 g/mol. The number of nitrogens with two attached hydrogens (primary N) is 1. The van der Waals surface area contributed by atoms with Crippen LogP contribution >= 0.6 is 11.6 Å². The van der Waals surface area contributed by atoms with E-state index in [1.807, 2.05) is 0 Å². The number of non-ortho nitro benzene ring substituents is 1. The van der Waals surface area contributed by atoms with E-state index in [1.165, 1.54) is 36.4 Å². The third-order valence-corrected chi connectivity index (χ3v) is 4.29. The fourth-order valence-corrected chi connectivity index (χ4v) is 2.86. The number of alkyl halides is 1. The molecule has 25 heavy (non-hydrogen) atoms. The number of nitro groups is 1. The van der Waals surface area contributed by atoms with Gasteiger partial charge in [0.1, 0.15) is 11.4 Å². The number of nitrogen functional groups attached to an aromatic ring is 1. The Kier molecular flexibility index (Phi) is 4.28. The molecule has 0 aromatic heterocycles. The van der Waals surface area contributed by atoms with Crippen LogP contribution in [-0.2, 0) is 4.79 Å². The van der Waals surface area contributed by atoms with Gasteiger partial charge in [-0.2, -0.15) is 0 Å². The highest BCUT2D eigenvalue weighted by Crippen LogP contribution is 2.37. The second-order valence-corrected chi connectivity index (χ2v) is 5.94. The summed E-state index contributed by atoms with van der Waals surface area (Å²) in [6.07, 6.45) is 0. The number of hydrogen-bond donors (Lipinski definition) is 2. The van der Waals surface area contributed by atoms with Gasteiger partial charge in [0.25, 0.3) is 17.5 Å². The van der Waals surface area contributed by atoms with Crippen LogP contribution in [0, 0.1) is 10.1 Å². The number of amides is 2. The monoisotopic (exact) mass is 360 g/mol. The van der Waals surface area contributed by atoms with Crippen LogP contribution < -0.4 is 11.2 Å². The molecule has 0 bridgehead atoms. The predicted molar refractivity (Wildman–Crippen MR) is 90.6 cm³/mol. The molecule has 3 rings (SSSR count). The second kappa shape index (κ2) is 6.40. The molecule has 2 amide bonds. The number of halogens is 1. The maximum atomic E-state index is 12.3. The van der Waals surface area contributed by atoms with E-state index in [-0.39, 0.29) is 5.69 Å². The molecule has 2 aromatic carbocycles. The maximum Gasteiger partial charge on any atom is 0.269 e. The largest absolute Gasteiger partial charge is 0.399 e. The average Bonchev–Trinajstić information content (AvgIpc) is 2.61. The summed E-state index contributed by atoms with van der Waals surface area (Å²) in [5.74, 6) is -0.933. The number of rotatable bonds is 4. The topological polar surface area (TPSA) is 119 Å². The van der Waals surface area contributed by atoms with E-state index in [0.717, 1.165) is 5.01 Å². The first-order chi connectivity index (χ1) is 11.9. The molecule has 0 unspecified atom stereocenters. The van der Waals surface area contributed by atoms with Gasteiger partial charge in [-0.25, -0.2) is 5.01 Å². The van der Waals surface area contributed by atoms with Crippen LogP contribution in [0.3, 0.4) is 0 Å². The van der Waals surface area contributed by atoms with Gasteiger partial charge >= 0.3 is 0 Å². The van der Waals surface area contributed by atoms with Crippen LogP contribution in [-0.4, -0.2) is 27.1 Å². The summed E-state index contributed by atoms with van der Waals surface area (Å²) in [6.45, 7) is 0. The SMILES string of the molecule is Nc1ccc(C(=O)NN2C(=O)[C@@H](Cl)[C@H]2c2ccc([N+](=O)[O-])cc2)cc1. The first-order valence-corrected chi connectivity index (χ1v) is 7.70. The molecule has 1 saturated heterocycles. The standard InChI is InChI=1S/C16H13ClN4O4/c17-13-14(9-3-7-12(8-4-9)21(24)25)20(16(13)23)19-15(22)10-1-5-11(18)6-2-10/h1-8,13-14H,18H2,(H,19,22)/t13-,14+/m0/s1. The van der Waals surface area contributed by atoms with E-state index in [4.69, 9.17) is 17.3 Å². The van der Waals surface area contributed by atoms with Gasteiger partial charge in [-0.05, 0) is 42.0 Å². The van der Waals surface area contributed by atoms with Gasteiger partial charge in [0.05, 0.1) is 4.92 Å². The highest BCUT2D eigenvalue weighted by Gasteiger charge is 2.48. The number of hydrogen-bond acceptors (Lipinski definition) is 5. The molecule has 0 radical (unpaired) electrons. The minimum Gasteiger partial charge on any atom is -0.399 e. The van der Waals surface area contributed by atoms with Crippen LogP contribution in [0.2, 0.25) is 0 Å². The van der Waals surface area contributed by atoms with Crippen molar-refractivity contribution in [1.82, 2.24) is 10.4 Å². The summed E-state index contributed by atoms with van der Waals surface area (Å²) in [5.41, 5.74) is 9.44. The zero-order valence-corrected chi connectivity index (χ0v) is 13.5. The molecule has 9 heteroatoms. The normalized spacial score (nSPS) is 19.2. The highest BCUT2D eigenvalue weighted by molar-refractivity contribution is 6.33. The van der Waals surface area contributed by atoms with Gasteiger partial charge in [-0.15, -0.1) is 11.6 Å². The summed E-state index contributed by atoms with van der Waals surface area (Å²) in [5, 5.41) is 11.0. The van der Waals surface area contributed by atoms with Crippen LogP contribution in [0.1, 0.15) is 22.0 Å². The zero-order valence-electron chi connectivity index (χ0n) is 12.8. The molecule has 1 aliphatic heterocycles. The van der Waals surface area contributed by atoms with Crippen LogP contribution in [0.25, 0.3) is 0 Å². The van der Waals surface area contributed by atoms with Crippen molar-refractivity contribution in [3.63, 3.8) is 0 Å². The molecule has 128 valence electrons. The van der Waals surface area contributed by atoms with Crippen molar-refractivity contribution >= 4 is 34.8 Å². The van der Waals surface area contributed by atoms with Crippen LogP contribution in [0.4, 0.5) is 11.4 Å². The number of carbonyl (C=O) groups is 2. The Balaban J connectivity index is 1.78. The van der Waals surface area contributed by atoms with Gasteiger partial charge in [-0.1, -0.05) is 0 Å².